The monoisotopic (exact) mass is 313 g/mol. The quantitative estimate of drug-likeness (QED) is 0.867. The van der Waals surface area contributed by atoms with Gasteiger partial charge in [0.2, 0.25) is 0 Å². The summed E-state index contributed by atoms with van der Waals surface area (Å²) in [7, 11) is 0. The zero-order valence-electron chi connectivity index (χ0n) is 11.0. The minimum atomic E-state index is 0.0789. The van der Waals surface area contributed by atoms with Crippen LogP contribution in [0, 0.1) is 0 Å². The summed E-state index contributed by atoms with van der Waals surface area (Å²) in [5.74, 6) is 1.80. The van der Waals surface area contributed by atoms with E-state index in [0.29, 0.717) is 0 Å². The van der Waals surface area contributed by atoms with Crippen LogP contribution in [0.15, 0.2) is 10.7 Å². The summed E-state index contributed by atoms with van der Waals surface area (Å²) in [5.41, 5.74) is 0.0789. The van der Waals surface area contributed by atoms with Crippen LogP contribution in [0.1, 0.15) is 38.9 Å². The predicted molar refractivity (Wildman–Crippen MR) is 75.8 cm³/mol. The Kier molecular flexibility index (Phi) is 4.56. The largest absolute Gasteiger partial charge is 0.381 e. The first-order chi connectivity index (χ1) is 8.61. The lowest BCUT2D eigenvalue weighted by Gasteiger charge is -2.35. The molecule has 1 fully saturated rings. The average molecular weight is 314 g/mol. The van der Waals surface area contributed by atoms with Crippen LogP contribution in [0.2, 0.25) is 0 Å². The van der Waals surface area contributed by atoms with Crippen molar-refractivity contribution in [2.24, 2.45) is 0 Å². The summed E-state index contributed by atoms with van der Waals surface area (Å²) < 4.78 is 6.25. The van der Waals surface area contributed by atoms with Gasteiger partial charge in [-0.05, 0) is 42.1 Å². The lowest BCUT2D eigenvalue weighted by atomic mass is 9.92. The molecule has 18 heavy (non-hydrogen) atoms. The first-order valence-electron chi connectivity index (χ1n) is 6.51. The normalized spacial score (nSPS) is 18.6. The van der Waals surface area contributed by atoms with Gasteiger partial charge in [0, 0.05) is 31.2 Å². The second-order valence-electron chi connectivity index (χ2n) is 5.04. The maximum Gasteiger partial charge on any atom is 0.132 e. The Hall–Kier alpha value is -0.680. The van der Waals surface area contributed by atoms with Crippen LogP contribution in [0.25, 0.3) is 0 Å². The van der Waals surface area contributed by atoms with E-state index in [1.54, 1.807) is 0 Å². The van der Waals surface area contributed by atoms with E-state index in [1.165, 1.54) is 0 Å². The van der Waals surface area contributed by atoms with Crippen molar-refractivity contribution >= 4 is 21.7 Å². The van der Waals surface area contributed by atoms with E-state index in [1.807, 2.05) is 6.07 Å². The van der Waals surface area contributed by atoms with Gasteiger partial charge < -0.3 is 10.1 Å². The second kappa shape index (κ2) is 5.97. The van der Waals surface area contributed by atoms with Crippen molar-refractivity contribution in [3.05, 3.63) is 16.5 Å². The molecule has 1 aromatic rings. The molecule has 100 valence electrons. The van der Waals surface area contributed by atoms with Gasteiger partial charge in [-0.1, -0.05) is 6.92 Å². The Morgan fingerprint density at radius 1 is 1.39 bits per heavy atom. The van der Waals surface area contributed by atoms with E-state index in [9.17, 15) is 0 Å². The number of halogens is 1. The number of aryl methyl sites for hydroxylation is 1. The first kappa shape index (κ1) is 13.7. The third-order valence-electron chi connectivity index (χ3n) is 3.24. The summed E-state index contributed by atoms with van der Waals surface area (Å²) >= 11 is 3.45. The number of nitrogens with one attached hydrogen (secondary N) is 1. The van der Waals surface area contributed by atoms with E-state index < -0.39 is 0 Å². The van der Waals surface area contributed by atoms with E-state index in [4.69, 9.17) is 4.74 Å². The van der Waals surface area contributed by atoms with E-state index >= 15 is 0 Å². The van der Waals surface area contributed by atoms with Gasteiger partial charge in [-0.2, -0.15) is 0 Å². The number of ether oxygens (including phenoxy) is 1. The summed E-state index contributed by atoms with van der Waals surface area (Å²) in [4.78, 5) is 8.95. The molecule has 5 heteroatoms. The van der Waals surface area contributed by atoms with Crippen molar-refractivity contribution in [1.29, 1.82) is 0 Å². The number of nitrogens with zero attached hydrogens (tertiary/aromatic N) is 2. The standard InChI is InChI=1S/C13H20BrN3O/c1-3-4-11-15-10(14)9-12(16-11)17-13(2)5-7-18-8-6-13/h9H,3-8H2,1-2H3,(H,15,16,17). The van der Waals surface area contributed by atoms with Gasteiger partial charge >= 0.3 is 0 Å². The molecule has 0 amide bonds. The van der Waals surface area contributed by atoms with Gasteiger partial charge in [0.05, 0.1) is 0 Å². The van der Waals surface area contributed by atoms with Gasteiger partial charge in [-0.3, -0.25) is 0 Å². The number of hydrogen-bond acceptors (Lipinski definition) is 4. The average Bonchev–Trinajstić information content (AvgIpc) is 2.28. The lowest BCUT2D eigenvalue weighted by Crippen LogP contribution is -2.41. The van der Waals surface area contributed by atoms with E-state index in [2.05, 4.69) is 45.1 Å². The summed E-state index contributed by atoms with van der Waals surface area (Å²) in [6, 6.07) is 1.94. The van der Waals surface area contributed by atoms with Crippen molar-refractivity contribution in [2.45, 2.75) is 45.1 Å². The minimum absolute atomic E-state index is 0.0789. The molecule has 0 aromatic carbocycles. The Morgan fingerprint density at radius 3 is 2.78 bits per heavy atom. The van der Waals surface area contributed by atoms with E-state index in [0.717, 1.165) is 55.1 Å². The summed E-state index contributed by atoms with van der Waals surface area (Å²) in [5, 5.41) is 3.54. The van der Waals surface area contributed by atoms with Gasteiger partial charge in [0.1, 0.15) is 16.2 Å². The van der Waals surface area contributed by atoms with Crippen LogP contribution in [0.3, 0.4) is 0 Å². The van der Waals surface area contributed by atoms with Crippen LogP contribution in [-0.4, -0.2) is 28.7 Å². The maximum atomic E-state index is 5.41. The number of rotatable bonds is 4. The van der Waals surface area contributed by atoms with Crippen LogP contribution in [-0.2, 0) is 11.2 Å². The highest BCUT2D eigenvalue weighted by atomic mass is 79.9. The van der Waals surface area contributed by atoms with Crippen LogP contribution in [0.5, 0.6) is 0 Å². The fraction of sp³-hybridized carbons (Fsp3) is 0.692. The Morgan fingerprint density at radius 2 is 2.11 bits per heavy atom. The minimum Gasteiger partial charge on any atom is -0.381 e. The Balaban J connectivity index is 2.12. The van der Waals surface area contributed by atoms with Crippen LogP contribution >= 0.6 is 15.9 Å². The predicted octanol–water partition coefficient (Wildman–Crippen LogP) is 3.17. The van der Waals surface area contributed by atoms with Crippen molar-refractivity contribution < 1.29 is 4.74 Å². The third kappa shape index (κ3) is 3.65. The zero-order valence-corrected chi connectivity index (χ0v) is 12.6. The topological polar surface area (TPSA) is 47.0 Å². The van der Waals surface area contributed by atoms with Gasteiger partial charge in [-0.25, -0.2) is 9.97 Å². The molecule has 1 aliphatic heterocycles. The van der Waals surface area contributed by atoms with Crippen molar-refractivity contribution in [2.75, 3.05) is 18.5 Å². The molecule has 2 heterocycles. The maximum absolute atomic E-state index is 5.41. The highest BCUT2D eigenvalue weighted by Gasteiger charge is 2.27. The summed E-state index contributed by atoms with van der Waals surface area (Å²) in [6.07, 6.45) is 3.99. The smallest absolute Gasteiger partial charge is 0.132 e. The fourth-order valence-corrected chi connectivity index (χ4v) is 2.54. The van der Waals surface area contributed by atoms with Gasteiger partial charge in [0.15, 0.2) is 0 Å². The zero-order chi connectivity index (χ0) is 13.0. The van der Waals surface area contributed by atoms with Gasteiger partial charge in [0.25, 0.3) is 0 Å². The molecule has 0 radical (unpaired) electrons. The molecule has 0 unspecified atom stereocenters. The Labute approximate surface area is 117 Å². The number of anilines is 1. The SMILES string of the molecule is CCCc1nc(Br)cc(NC2(C)CCOCC2)n1. The number of hydrogen-bond donors (Lipinski definition) is 1. The molecule has 2 rings (SSSR count). The molecule has 1 aromatic heterocycles. The molecule has 1 aliphatic rings. The Bertz CT molecular complexity index is 405. The molecule has 1 saturated heterocycles. The highest BCUT2D eigenvalue weighted by Crippen LogP contribution is 2.25. The molecule has 0 atom stereocenters. The third-order valence-corrected chi connectivity index (χ3v) is 3.65. The van der Waals surface area contributed by atoms with Crippen molar-refractivity contribution in [3.8, 4) is 0 Å². The highest BCUT2D eigenvalue weighted by molar-refractivity contribution is 9.10. The lowest BCUT2D eigenvalue weighted by molar-refractivity contribution is 0.0657. The molecule has 0 spiro atoms. The molecule has 0 aliphatic carbocycles. The molecular weight excluding hydrogens is 294 g/mol. The molecule has 1 N–H and O–H groups in total. The van der Waals surface area contributed by atoms with Crippen LogP contribution in [0.4, 0.5) is 5.82 Å². The van der Waals surface area contributed by atoms with Crippen molar-refractivity contribution in [3.63, 3.8) is 0 Å². The van der Waals surface area contributed by atoms with Crippen molar-refractivity contribution in [1.82, 2.24) is 9.97 Å². The molecule has 0 saturated carbocycles. The molecular formula is C13H20BrN3O. The number of aromatic nitrogens is 2. The molecule has 4 nitrogen and oxygen atoms in total. The fourth-order valence-electron chi connectivity index (χ4n) is 2.12. The van der Waals surface area contributed by atoms with E-state index in [-0.39, 0.29) is 5.54 Å². The van der Waals surface area contributed by atoms with Gasteiger partial charge in [-0.15, -0.1) is 0 Å². The van der Waals surface area contributed by atoms with Crippen LogP contribution < -0.4 is 5.32 Å². The first-order valence-corrected chi connectivity index (χ1v) is 7.30. The second-order valence-corrected chi connectivity index (χ2v) is 5.85. The summed E-state index contributed by atoms with van der Waals surface area (Å²) in [6.45, 7) is 6.00. The molecule has 0 bridgehead atoms.